The van der Waals surface area contributed by atoms with Crippen LogP contribution >= 0.6 is 11.8 Å². The molecule has 1 saturated heterocycles. The van der Waals surface area contributed by atoms with Crippen LogP contribution in [0.5, 0.6) is 5.75 Å². The number of hydrogen-bond acceptors (Lipinski definition) is 5. The molecule has 0 aromatic heterocycles. The minimum Gasteiger partial charge on any atom is -0.496 e. The summed E-state index contributed by atoms with van der Waals surface area (Å²) in [6.07, 6.45) is 3.10. The molecule has 1 unspecified atom stereocenters. The molecule has 0 spiro atoms. The summed E-state index contributed by atoms with van der Waals surface area (Å²) < 4.78 is 5.38. The molecule has 4 nitrogen and oxygen atoms in total. The van der Waals surface area contributed by atoms with Gasteiger partial charge in [-0.3, -0.25) is 9.80 Å². The molecule has 124 valence electrons. The fraction of sp³-hybridized carbons (Fsp3) is 0.647. The van der Waals surface area contributed by atoms with E-state index in [1.165, 1.54) is 10.5 Å². The van der Waals surface area contributed by atoms with Crippen molar-refractivity contribution < 1.29 is 9.84 Å². The normalized spacial score (nSPS) is 18.4. The van der Waals surface area contributed by atoms with Gasteiger partial charge in [0.05, 0.1) is 13.7 Å². The van der Waals surface area contributed by atoms with Crippen molar-refractivity contribution in [1.82, 2.24) is 9.80 Å². The highest BCUT2D eigenvalue weighted by Crippen LogP contribution is 2.28. The van der Waals surface area contributed by atoms with Crippen molar-refractivity contribution >= 4 is 11.8 Å². The number of rotatable bonds is 7. The molecular formula is C17H28N2O2S. The zero-order valence-electron chi connectivity index (χ0n) is 13.9. The number of ether oxygens (including phenoxy) is 1. The van der Waals surface area contributed by atoms with Gasteiger partial charge in [-0.2, -0.15) is 0 Å². The van der Waals surface area contributed by atoms with Crippen molar-refractivity contribution in [3.8, 4) is 5.75 Å². The van der Waals surface area contributed by atoms with Gasteiger partial charge in [0, 0.05) is 43.7 Å². The molecular weight excluding hydrogens is 296 g/mol. The van der Waals surface area contributed by atoms with Gasteiger partial charge in [0.1, 0.15) is 5.75 Å². The van der Waals surface area contributed by atoms with Gasteiger partial charge in [-0.05, 0) is 30.4 Å². The van der Waals surface area contributed by atoms with Gasteiger partial charge in [0.2, 0.25) is 0 Å². The number of benzene rings is 1. The summed E-state index contributed by atoms with van der Waals surface area (Å²) in [5.41, 5.74) is 1.34. The van der Waals surface area contributed by atoms with E-state index in [1.807, 2.05) is 0 Å². The highest BCUT2D eigenvalue weighted by molar-refractivity contribution is 7.98. The van der Waals surface area contributed by atoms with Crippen molar-refractivity contribution in [2.75, 3.05) is 46.2 Å². The van der Waals surface area contributed by atoms with Crippen LogP contribution in [-0.2, 0) is 6.54 Å². The maximum Gasteiger partial charge on any atom is 0.132 e. The Labute approximate surface area is 138 Å². The number of nitrogens with zero attached hydrogens (tertiary/aromatic N) is 2. The van der Waals surface area contributed by atoms with Gasteiger partial charge >= 0.3 is 0 Å². The molecule has 1 fully saturated rings. The highest BCUT2D eigenvalue weighted by Gasteiger charge is 2.22. The van der Waals surface area contributed by atoms with E-state index in [1.54, 1.807) is 18.9 Å². The number of hydrogen-bond donors (Lipinski definition) is 1. The fourth-order valence-corrected chi connectivity index (χ4v) is 3.65. The van der Waals surface area contributed by atoms with Gasteiger partial charge in [-0.1, -0.05) is 13.0 Å². The van der Waals surface area contributed by atoms with E-state index in [2.05, 4.69) is 41.2 Å². The third-order valence-electron chi connectivity index (χ3n) is 4.46. The highest BCUT2D eigenvalue weighted by atomic mass is 32.2. The first-order valence-electron chi connectivity index (χ1n) is 8.00. The van der Waals surface area contributed by atoms with E-state index in [9.17, 15) is 5.11 Å². The lowest BCUT2D eigenvalue weighted by molar-refractivity contribution is 0.0608. The molecule has 0 amide bonds. The minimum atomic E-state index is 0.270. The SMILES string of the molecule is CCC(CO)N1CCN(Cc2ccc(OC)c(SC)c2)CC1. The predicted molar refractivity (Wildman–Crippen MR) is 92.8 cm³/mol. The average Bonchev–Trinajstić information content (AvgIpc) is 2.57. The molecule has 1 heterocycles. The Hall–Kier alpha value is -0.750. The Bertz CT molecular complexity index is 458. The summed E-state index contributed by atoms with van der Waals surface area (Å²) in [5, 5.41) is 9.42. The molecule has 0 radical (unpaired) electrons. The van der Waals surface area contributed by atoms with Gasteiger partial charge < -0.3 is 9.84 Å². The van der Waals surface area contributed by atoms with Crippen LogP contribution in [0.15, 0.2) is 23.1 Å². The van der Waals surface area contributed by atoms with Gasteiger partial charge in [-0.15, -0.1) is 11.8 Å². The molecule has 1 aromatic carbocycles. The third kappa shape index (κ3) is 4.38. The van der Waals surface area contributed by atoms with E-state index in [0.717, 1.165) is 44.9 Å². The topological polar surface area (TPSA) is 35.9 Å². The van der Waals surface area contributed by atoms with Crippen molar-refractivity contribution in [1.29, 1.82) is 0 Å². The number of aliphatic hydroxyl groups excluding tert-OH is 1. The van der Waals surface area contributed by atoms with Crippen molar-refractivity contribution in [3.05, 3.63) is 23.8 Å². The lowest BCUT2D eigenvalue weighted by atomic mass is 10.1. The Morgan fingerprint density at radius 2 is 2.00 bits per heavy atom. The Morgan fingerprint density at radius 1 is 1.27 bits per heavy atom. The van der Waals surface area contributed by atoms with Crippen LogP contribution in [0.1, 0.15) is 18.9 Å². The Morgan fingerprint density at radius 3 is 2.55 bits per heavy atom. The maximum atomic E-state index is 9.42. The number of methoxy groups -OCH3 is 1. The van der Waals surface area contributed by atoms with Crippen molar-refractivity contribution in [3.63, 3.8) is 0 Å². The van der Waals surface area contributed by atoms with Crippen LogP contribution in [0.4, 0.5) is 0 Å². The monoisotopic (exact) mass is 324 g/mol. The van der Waals surface area contributed by atoms with Gasteiger partial charge in [0.15, 0.2) is 0 Å². The summed E-state index contributed by atoms with van der Waals surface area (Å²) in [6, 6.07) is 6.79. The van der Waals surface area contributed by atoms with Crippen LogP contribution in [0.2, 0.25) is 0 Å². The van der Waals surface area contributed by atoms with Gasteiger partial charge in [0.25, 0.3) is 0 Å². The molecule has 1 aliphatic rings. The lowest BCUT2D eigenvalue weighted by Gasteiger charge is -2.38. The molecule has 0 aliphatic carbocycles. The first-order chi connectivity index (χ1) is 10.7. The zero-order valence-corrected chi connectivity index (χ0v) is 14.7. The van der Waals surface area contributed by atoms with E-state index >= 15 is 0 Å². The van der Waals surface area contributed by atoms with Crippen LogP contribution in [-0.4, -0.2) is 67.1 Å². The van der Waals surface area contributed by atoms with Crippen LogP contribution < -0.4 is 4.74 Å². The quantitative estimate of drug-likeness (QED) is 0.779. The van der Waals surface area contributed by atoms with E-state index in [-0.39, 0.29) is 6.61 Å². The van der Waals surface area contributed by atoms with Crippen LogP contribution in [0.3, 0.4) is 0 Å². The lowest BCUT2D eigenvalue weighted by Crippen LogP contribution is -2.50. The molecule has 22 heavy (non-hydrogen) atoms. The molecule has 1 aromatic rings. The summed E-state index contributed by atoms with van der Waals surface area (Å²) in [4.78, 5) is 6.11. The van der Waals surface area contributed by atoms with Crippen LogP contribution in [0, 0.1) is 0 Å². The second kappa shape index (κ2) is 8.77. The molecule has 2 rings (SSSR count). The number of piperazine rings is 1. The van der Waals surface area contributed by atoms with E-state index in [0.29, 0.717) is 6.04 Å². The third-order valence-corrected chi connectivity index (χ3v) is 5.22. The fourth-order valence-electron chi connectivity index (χ4n) is 3.03. The second-order valence-electron chi connectivity index (χ2n) is 5.75. The smallest absolute Gasteiger partial charge is 0.132 e. The first-order valence-corrected chi connectivity index (χ1v) is 9.22. The zero-order chi connectivity index (χ0) is 15.9. The largest absolute Gasteiger partial charge is 0.496 e. The summed E-state index contributed by atoms with van der Waals surface area (Å²) >= 11 is 1.73. The Balaban J connectivity index is 1.90. The molecule has 5 heteroatoms. The molecule has 1 atom stereocenters. The minimum absolute atomic E-state index is 0.270. The van der Waals surface area contributed by atoms with E-state index < -0.39 is 0 Å². The first kappa shape index (κ1) is 17.6. The standard InChI is InChI=1S/C17H28N2O2S/c1-4-15(13-20)19-9-7-18(8-10-19)12-14-5-6-16(21-2)17(11-14)22-3/h5-6,11,15,20H,4,7-10,12-13H2,1-3H3. The molecule has 1 aliphatic heterocycles. The van der Waals surface area contributed by atoms with Crippen LogP contribution in [0.25, 0.3) is 0 Å². The number of aliphatic hydroxyl groups is 1. The van der Waals surface area contributed by atoms with Gasteiger partial charge in [-0.25, -0.2) is 0 Å². The van der Waals surface area contributed by atoms with E-state index in [4.69, 9.17) is 4.74 Å². The predicted octanol–water partition coefficient (Wildman–Crippen LogP) is 2.31. The molecule has 0 bridgehead atoms. The Kier molecular flexibility index (Phi) is 7.02. The molecule has 1 N–H and O–H groups in total. The average molecular weight is 324 g/mol. The summed E-state index contributed by atoms with van der Waals surface area (Å²) in [6.45, 7) is 7.63. The summed E-state index contributed by atoms with van der Waals surface area (Å²) in [5.74, 6) is 0.954. The number of thioether (sulfide) groups is 1. The molecule has 0 saturated carbocycles. The summed E-state index contributed by atoms with van der Waals surface area (Å²) in [7, 11) is 1.72. The van der Waals surface area contributed by atoms with Crippen molar-refractivity contribution in [2.24, 2.45) is 0 Å². The van der Waals surface area contributed by atoms with Crippen molar-refractivity contribution in [2.45, 2.75) is 30.8 Å². The second-order valence-corrected chi connectivity index (χ2v) is 6.59. The maximum absolute atomic E-state index is 9.42.